The first-order valence-electron chi connectivity index (χ1n) is 9.56. The van der Waals surface area contributed by atoms with Crippen LogP contribution in [0.3, 0.4) is 0 Å². The second kappa shape index (κ2) is 9.08. The molecule has 19 nitrogen and oxygen atoms in total. The Morgan fingerprint density at radius 3 is 2.37 bits per heavy atom. The van der Waals surface area contributed by atoms with Crippen LogP contribution in [0.4, 0.5) is 17.3 Å². The highest BCUT2D eigenvalue weighted by atomic mass is 31.3. The van der Waals surface area contributed by atoms with Gasteiger partial charge in [0.05, 0.1) is 6.61 Å². The number of phosphoric ester groups is 1. The van der Waals surface area contributed by atoms with Gasteiger partial charge in [0.25, 0.3) is 0 Å². The zero-order chi connectivity index (χ0) is 25.9. The van der Waals surface area contributed by atoms with Gasteiger partial charge in [0, 0.05) is 7.05 Å². The van der Waals surface area contributed by atoms with Crippen LogP contribution < -0.4 is 14.8 Å². The van der Waals surface area contributed by atoms with Crippen LogP contribution in [-0.4, -0.2) is 90.5 Å². The lowest BCUT2D eigenvalue weighted by molar-refractivity contribution is -0.0216. The van der Waals surface area contributed by atoms with Crippen molar-refractivity contribution in [1.29, 1.82) is 0 Å². The van der Waals surface area contributed by atoms with Crippen molar-refractivity contribution in [3.05, 3.63) is 6.33 Å². The van der Waals surface area contributed by atoms with Gasteiger partial charge in [-0.1, -0.05) is 0 Å². The molecule has 4 heterocycles. The van der Waals surface area contributed by atoms with Gasteiger partial charge in [0.15, 0.2) is 17.9 Å². The van der Waals surface area contributed by atoms with Crippen molar-refractivity contribution in [3.63, 3.8) is 0 Å². The van der Waals surface area contributed by atoms with Crippen molar-refractivity contribution in [2.24, 2.45) is 5.10 Å². The molecule has 6 N–H and O–H groups in total. The predicted octanol–water partition coefficient (Wildman–Crippen LogP) is -1.37. The van der Waals surface area contributed by atoms with Gasteiger partial charge in [-0.25, -0.2) is 28.7 Å². The molecule has 0 spiro atoms. The number of anilines is 3. The summed E-state index contributed by atoms with van der Waals surface area (Å²) in [5, 5.41) is 26.9. The first-order valence-corrected chi connectivity index (χ1v) is 14.1. The molecule has 0 radical (unpaired) electrons. The average molecular weight is 562 g/mol. The maximum Gasteiger partial charge on any atom is 0.490 e. The molecule has 1 aromatic rings. The number of rotatable bonds is 8. The highest BCUT2D eigenvalue weighted by Gasteiger charge is 2.51. The Balaban J connectivity index is 1.46. The summed E-state index contributed by atoms with van der Waals surface area (Å²) in [6.07, 6.45) is -4.55. The first-order chi connectivity index (χ1) is 16.1. The number of nitrogens with zero attached hydrogens (tertiary/aromatic N) is 6. The highest BCUT2D eigenvalue weighted by Crippen LogP contribution is 2.66. The molecule has 0 saturated carbocycles. The molecule has 22 heteroatoms. The van der Waals surface area contributed by atoms with Crippen LogP contribution in [-0.2, 0) is 31.6 Å². The predicted molar refractivity (Wildman–Crippen MR) is 114 cm³/mol. The number of aliphatic hydroxyl groups is 2. The van der Waals surface area contributed by atoms with E-state index in [2.05, 4.69) is 28.2 Å². The molecule has 1 saturated heterocycles. The number of phosphoric acid groups is 3. The van der Waals surface area contributed by atoms with Crippen LogP contribution in [0, 0.1) is 0 Å². The number of hydrogen-bond acceptors (Lipinski definition) is 15. The number of aromatic nitrogens is 2. The molecule has 3 aliphatic heterocycles. The molecule has 0 bridgehead atoms. The van der Waals surface area contributed by atoms with Gasteiger partial charge in [-0.15, -0.1) is 0 Å². The van der Waals surface area contributed by atoms with Crippen LogP contribution in [0.5, 0.6) is 0 Å². The third-order valence-electron chi connectivity index (χ3n) is 5.07. The molecule has 6 atom stereocenters. The van der Waals surface area contributed by atoms with Gasteiger partial charge in [0.2, 0.25) is 0 Å². The van der Waals surface area contributed by atoms with Crippen molar-refractivity contribution in [3.8, 4) is 0 Å². The third-order valence-corrected chi connectivity index (χ3v) is 8.88. The molecule has 35 heavy (non-hydrogen) atoms. The molecular formula is C13H21N6O13P3. The minimum Gasteiger partial charge on any atom is -0.387 e. The topological polar surface area (TPSA) is 257 Å². The van der Waals surface area contributed by atoms with Gasteiger partial charge < -0.3 is 44.3 Å². The summed E-state index contributed by atoms with van der Waals surface area (Å²) in [5.41, 5.74) is 0.588. The summed E-state index contributed by atoms with van der Waals surface area (Å²) in [5.74, 6) is 1.44. The Morgan fingerprint density at radius 2 is 1.71 bits per heavy atom. The molecule has 0 amide bonds. The molecule has 3 aliphatic rings. The maximum atomic E-state index is 11.9. The van der Waals surface area contributed by atoms with E-state index >= 15 is 0 Å². The molecule has 6 unspecified atom stereocenters. The van der Waals surface area contributed by atoms with Gasteiger partial charge in [-0.05, 0) is 6.92 Å². The summed E-state index contributed by atoms with van der Waals surface area (Å²) < 4.78 is 51.5. The second-order valence-corrected chi connectivity index (χ2v) is 11.9. The highest BCUT2D eigenvalue weighted by molar-refractivity contribution is 7.66. The van der Waals surface area contributed by atoms with E-state index in [1.807, 2.05) is 0 Å². The molecule has 196 valence electrons. The Hall–Kier alpha value is -1.56. The Morgan fingerprint density at radius 1 is 1.06 bits per heavy atom. The van der Waals surface area contributed by atoms with E-state index in [1.54, 1.807) is 23.9 Å². The average Bonchev–Trinajstić information content (AvgIpc) is 3.21. The number of aliphatic hydroxyl groups excluding tert-OH is 2. The third kappa shape index (κ3) is 5.42. The molecule has 4 rings (SSSR count). The van der Waals surface area contributed by atoms with Crippen LogP contribution in [0.2, 0.25) is 0 Å². The van der Waals surface area contributed by atoms with E-state index < -0.39 is 54.6 Å². The first kappa shape index (κ1) is 26.5. The van der Waals surface area contributed by atoms with E-state index in [0.717, 1.165) is 0 Å². The fourth-order valence-corrected chi connectivity index (χ4v) is 6.75. The normalized spacial score (nSPS) is 29.6. The van der Waals surface area contributed by atoms with E-state index in [0.29, 0.717) is 23.2 Å². The molecular weight excluding hydrogens is 541 g/mol. The summed E-state index contributed by atoms with van der Waals surface area (Å²) >= 11 is 0. The number of hydrogen-bond donors (Lipinski definition) is 6. The molecule has 0 aromatic carbocycles. The van der Waals surface area contributed by atoms with Crippen molar-refractivity contribution < 1.29 is 61.4 Å². The fraction of sp³-hybridized carbons (Fsp3) is 0.615. The van der Waals surface area contributed by atoms with Crippen LogP contribution >= 0.6 is 23.5 Å². The zero-order valence-corrected chi connectivity index (χ0v) is 20.6. The number of ether oxygens (including phenoxy) is 1. The smallest absolute Gasteiger partial charge is 0.387 e. The fourth-order valence-electron chi connectivity index (χ4n) is 3.72. The monoisotopic (exact) mass is 562 g/mol. The lowest BCUT2D eigenvalue weighted by Gasteiger charge is -2.29. The summed E-state index contributed by atoms with van der Waals surface area (Å²) in [7, 11) is -15.0. The summed E-state index contributed by atoms with van der Waals surface area (Å²) in [6, 6.07) is 0. The van der Waals surface area contributed by atoms with E-state index in [9.17, 15) is 33.7 Å². The maximum absolute atomic E-state index is 11.9. The standard InChI is InChI=1S/C13H21N6O13P3/c1-6-16-17(2)11-8-12(15-4-14-11)19(5-18(6)8)13-10(21)9(20)7(30-13)3-29-34(25,26)32-35(27,28)31-33(22,23)24/h4,7,9-10,13,20-21H,3,5H2,1-2H3,(H,25,26)(H,27,28)(H2,22,23,24). The van der Waals surface area contributed by atoms with E-state index in [4.69, 9.17) is 14.5 Å². The van der Waals surface area contributed by atoms with E-state index in [-0.39, 0.29) is 6.67 Å². The number of amidine groups is 1. The van der Waals surface area contributed by atoms with E-state index in [1.165, 1.54) is 11.2 Å². The van der Waals surface area contributed by atoms with Crippen LogP contribution in [0.15, 0.2) is 11.4 Å². The second-order valence-electron chi connectivity index (χ2n) is 7.51. The Kier molecular flexibility index (Phi) is 6.87. The molecule has 1 fully saturated rings. The Labute approximate surface area is 196 Å². The SMILES string of the molecule is CC1=NN(C)c2ncnc3c2N1CN3C1OC(COP(=O)(O)OP(=O)(O)OP(=O)(O)O)C(O)C1O. The zero-order valence-electron chi connectivity index (χ0n) is 17.9. The summed E-state index contributed by atoms with van der Waals surface area (Å²) in [6.45, 7) is 0.925. The molecule has 1 aromatic heterocycles. The lowest BCUT2D eigenvalue weighted by atomic mass is 10.1. The molecule has 0 aliphatic carbocycles. The Bertz CT molecular complexity index is 1180. The van der Waals surface area contributed by atoms with Crippen molar-refractivity contribution in [2.75, 3.05) is 35.1 Å². The van der Waals surface area contributed by atoms with Crippen molar-refractivity contribution in [1.82, 2.24) is 9.97 Å². The van der Waals surface area contributed by atoms with Crippen LogP contribution in [0.1, 0.15) is 6.92 Å². The van der Waals surface area contributed by atoms with Gasteiger partial charge in [-0.2, -0.15) is 13.7 Å². The van der Waals surface area contributed by atoms with Gasteiger partial charge >= 0.3 is 23.5 Å². The number of hydrazone groups is 1. The minimum atomic E-state index is -5.71. The quantitative estimate of drug-likeness (QED) is 0.200. The van der Waals surface area contributed by atoms with Gasteiger partial charge in [0.1, 0.15) is 42.8 Å². The summed E-state index contributed by atoms with van der Waals surface area (Å²) in [4.78, 5) is 47.7. The largest absolute Gasteiger partial charge is 0.490 e. The van der Waals surface area contributed by atoms with Crippen LogP contribution in [0.25, 0.3) is 0 Å². The van der Waals surface area contributed by atoms with Gasteiger partial charge in [-0.3, -0.25) is 4.52 Å². The van der Waals surface area contributed by atoms with Crippen molar-refractivity contribution in [2.45, 2.75) is 31.5 Å². The van der Waals surface area contributed by atoms with Crippen molar-refractivity contribution >= 4 is 46.6 Å². The lowest BCUT2D eigenvalue weighted by Crippen LogP contribution is -2.47. The minimum absolute atomic E-state index is 0.112.